The van der Waals surface area contributed by atoms with Gasteiger partial charge < -0.3 is 14.5 Å². The Kier molecular flexibility index (Phi) is 5.27. The first kappa shape index (κ1) is 20.2. The van der Waals surface area contributed by atoms with Crippen LogP contribution in [-0.2, 0) is 21.1 Å². The van der Waals surface area contributed by atoms with Gasteiger partial charge >= 0.3 is 0 Å². The maximum Gasteiger partial charge on any atom is 0.287 e. The molecule has 1 amide bonds. The van der Waals surface area contributed by atoms with Crippen molar-refractivity contribution in [1.29, 1.82) is 0 Å². The van der Waals surface area contributed by atoms with Gasteiger partial charge in [0.05, 0.1) is 22.4 Å². The van der Waals surface area contributed by atoms with E-state index in [9.17, 15) is 13.2 Å². The zero-order chi connectivity index (χ0) is 21.4. The number of nitrogens with one attached hydrogen (secondary N) is 1. The molecule has 1 saturated heterocycles. The maximum atomic E-state index is 13.2. The summed E-state index contributed by atoms with van der Waals surface area (Å²) in [6, 6.07) is 10.2. The maximum absolute atomic E-state index is 13.2. The van der Waals surface area contributed by atoms with Crippen molar-refractivity contribution in [2.75, 3.05) is 6.61 Å². The Bertz CT molecular complexity index is 1170. The van der Waals surface area contributed by atoms with E-state index in [1.54, 1.807) is 48.8 Å². The van der Waals surface area contributed by atoms with Gasteiger partial charge in [-0.15, -0.1) is 0 Å². The molecular weight excluding hydrogens is 416 g/mol. The molecule has 31 heavy (non-hydrogen) atoms. The third-order valence-electron chi connectivity index (χ3n) is 6.34. The molecule has 1 aliphatic carbocycles. The van der Waals surface area contributed by atoms with E-state index < -0.39 is 15.1 Å². The molecule has 162 valence electrons. The number of sulfone groups is 1. The van der Waals surface area contributed by atoms with Crippen molar-refractivity contribution in [3.63, 3.8) is 0 Å². The highest BCUT2D eigenvalue weighted by Gasteiger charge is 2.44. The van der Waals surface area contributed by atoms with Gasteiger partial charge in [-0.25, -0.2) is 8.42 Å². The van der Waals surface area contributed by atoms with Gasteiger partial charge in [-0.3, -0.25) is 9.78 Å². The molecular formula is C23H24N2O5S. The lowest BCUT2D eigenvalue weighted by molar-refractivity contribution is 0.0691. The molecule has 0 bridgehead atoms. The standard InChI is InChI=1S/C23H24N2O5S/c26-23(19-12-17-8-10-24-14-20(17)30-19)25-13-15-4-6-18(7-5-15)31(27,28)21-3-1-2-16-9-11-29-22(16)21/h4-8,10,12,14,16,21-22H,1-3,9,11,13H2,(H,25,26). The highest BCUT2D eigenvalue weighted by atomic mass is 32.2. The van der Waals surface area contributed by atoms with E-state index in [-0.39, 0.29) is 24.3 Å². The number of pyridine rings is 1. The second-order valence-corrected chi connectivity index (χ2v) is 10.4. The predicted octanol–water partition coefficient (Wildman–Crippen LogP) is 3.49. The molecule has 8 heteroatoms. The lowest BCUT2D eigenvalue weighted by Gasteiger charge is -2.32. The monoisotopic (exact) mass is 440 g/mol. The molecule has 1 N–H and O–H groups in total. The quantitative estimate of drug-likeness (QED) is 0.652. The number of ether oxygens (including phenoxy) is 1. The van der Waals surface area contributed by atoms with E-state index >= 15 is 0 Å². The highest BCUT2D eigenvalue weighted by Crippen LogP contribution is 2.39. The van der Waals surface area contributed by atoms with Crippen LogP contribution in [0.3, 0.4) is 0 Å². The molecule has 3 unspecified atom stereocenters. The van der Waals surface area contributed by atoms with Crippen LogP contribution in [0, 0.1) is 5.92 Å². The summed E-state index contributed by atoms with van der Waals surface area (Å²) in [4.78, 5) is 16.7. The number of carbonyl (C=O) groups excluding carboxylic acids is 1. The highest BCUT2D eigenvalue weighted by molar-refractivity contribution is 7.92. The molecule has 2 fully saturated rings. The third kappa shape index (κ3) is 3.85. The first-order valence-corrected chi connectivity index (χ1v) is 12.1. The second-order valence-electron chi connectivity index (χ2n) is 8.25. The largest absolute Gasteiger partial charge is 0.449 e. The third-order valence-corrected chi connectivity index (χ3v) is 8.57. The first-order valence-electron chi connectivity index (χ1n) is 10.6. The molecule has 3 atom stereocenters. The molecule has 3 aromatic rings. The number of hydrogen-bond donors (Lipinski definition) is 1. The van der Waals surface area contributed by atoms with Crippen molar-refractivity contribution < 1.29 is 22.4 Å². The molecule has 2 aliphatic rings. The number of fused-ring (bicyclic) bond motifs is 2. The van der Waals surface area contributed by atoms with Crippen LogP contribution in [0.2, 0.25) is 0 Å². The van der Waals surface area contributed by atoms with Gasteiger partial charge in [0.1, 0.15) is 0 Å². The van der Waals surface area contributed by atoms with Crippen molar-refractivity contribution in [3.8, 4) is 0 Å². The molecule has 5 rings (SSSR count). The molecule has 3 heterocycles. The van der Waals surface area contributed by atoms with Crippen molar-refractivity contribution in [1.82, 2.24) is 10.3 Å². The number of rotatable bonds is 5. The van der Waals surface area contributed by atoms with Crippen molar-refractivity contribution in [3.05, 3.63) is 60.1 Å². The lowest BCUT2D eigenvalue weighted by atomic mass is 9.86. The van der Waals surface area contributed by atoms with Crippen LogP contribution in [0.5, 0.6) is 0 Å². The summed E-state index contributed by atoms with van der Waals surface area (Å²) in [5.74, 6) is 0.238. The van der Waals surface area contributed by atoms with Crippen LogP contribution in [0.15, 0.2) is 58.1 Å². The summed E-state index contributed by atoms with van der Waals surface area (Å²) < 4.78 is 37.7. The van der Waals surface area contributed by atoms with Crippen LogP contribution < -0.4 is 5.32 Å². The van der Waals surface area contributed by atoms with Gasteiger partial charge in [-0.2, -0.15) is 0 Å². The Morgan fingerprint density at radius 1 is 1.13 bits per heavy atom. The number of hydrogen-bond acceptors (Lipinski definition) is 6. The molecule has 1 saturated carbocycles. The first-order chi connectivity index (χ1) is 15.0. The summed E-state index contributed by atoms with van der Waals surface area (Å²) in [5, 5.41) is 3.15. The summed E-state index contributed by atoms with van der Waals surface area (Å²) in [6.45, 7) is 0.924. The molecule has 0 radical (unpaired) electrons. The van der Waals surface area contributed by atoms with Crippen molar-refractivity contribution in [2.45, 2.75) is 48.5 Å². The van der Waals surface area contributed by atoms with Crippen molar-refractivity contribution in [2.24, 2.45) is 5.92 Å². The van der Waals surface area contributed by atoms with Crippen molar-refractivity contribution >= 4 is 26.7 Å². The Labute approximate surface area is 180 Å². The van der Waals surface area contributed by atoms with Gasteiger partial charge in [-0.05, 0) is 55.0 Å². The van der Waals surface area contributed by atoms with E-state index in [0.29, 0.717) is 29.4 Å². The summed E-state index contributed by atoms with van der Waals surface area (Å²) in [6.07, 6.45) is 6.60. The minimum absolute atomic E-state index is 0.184. The Morgan fingerprint density at radius 3 is 2.77 bits per heavy atom. The zero-order valence-corrected chi connectivity index (χ0v) is 17.8. The number of carbonyl (C=O) groups is 1. The summed E-state index contributed by atoms with van der Waals surface area (Å²) in [7, 11) is -3.46. The fourth-order valence-electron chi connectivity index (χ4n) is 4.69. The van der Waals surface area contributed by atoms with E-state index in [1.165, 1.54) is 0 Å². The van der Waals surface area contributed by atoms with E-state index in [2.05, 4.69) is 10.3 Å². The Morgan fingerprint density at radius 2 is 1.97 bits per heavy atom. The minimum Gasteiger partial charge on any atom is -0.449 e. The Hall–Kier alpha value is -2.71. The Balaban J connectivity index is 1.26. The normalized spacial score (nSPS) is 23.5. The van der Waals surface area contributed by atoms with E-state index in [1.807, 2.05) is 0 Å². The number of nitrogens with zero attached hydrogens (tertiary/aromatic N) is 1. The number of aromatic nitrogens is 1. The van der Waals surface area contributed by atoms with Crippen LogP contribution in [0.1, 0.15) is 41.8 Å². The molecule has 1 aromatic carbocycles. The molecule has 2 aromatic heterocycles. The lowest BCUT2D eigenvalue weighted by Crippen LogP contribution is -2.40. The summed E-state index contributed by atoms with van der Waals surface area (Å²) in [5.41, 5.74) is 1.36. The van der Waals surface area contributed by atoms with Crippen LogP contribution in [-0.4, -0.2) is 37.3 Å². The number of furan rings is 1. The average Bonchev–Trinajstić information content (AvgIpc) is 3.44. The van der Waals surface area contributed by atoms with Gasteiger partial charge in [0.15, 0.2) is 21.2 Å². The second kappa shape index (κ2) is 8.09. The smallest absolute Gasteiger partial charge is 0.287 e. The van der Waals surface area contributed by atoms with Crippen LogP contribution in [0.25, 0.3) is 11.0 Å². The van der Waals surface area contributed by atoms with E-state index in [0.717, 1.165) is 30.2 Å². The van der Waals surface area contributed by atoms with Gasteiger partial charge in [-0.1, -0.05) is 18.6 Å². The van der Waals surface area contributed by atoms with E-state index in [4.69, 9.17) is 9.15 Å². The van der Waals surface area contributed by atoms with Crippen LogP contribution in [0.4, 0.5) is 0 Å². The molecule has 0 spiro atoms. The molecule has 1 aliphatic heterocycles. The zero-order valence-electron chi connectivity index (χ0n) is 17.0. The van der Waals surface area contributed by atoms with Gasteiger partial charge in [0, 0.05) is 24.7 Å². The minimum atomic E-state index is -3.46. The SMILES string of the molecule is O=C(NCc1ccc(S(=O)(=O)C2CCCC3CCOC32)cc1)c1cc2ccncc2o1. The van der Waals surface area contributed by atoms with Crippen LogP contribution >= 0.6 is 0 Å². The molecule has 7 nitrogen and oxygen atoms in total. The fraction of sp³-hybridized carbons (Fsp3) is 0.391. The predicted molar refractivity (Wildman–Crippen MR) is 114 cm³/mol. The summed E-state index contributed by atoms with van der Waals surface area (Å²) >= 11 is 0. The average molecular weight is 441 g/mol. The fourth-order valence-corrected chi connectivity index (χ4v) is 6.69. The van der Waals surface area contributed by atoms with Gasteiger partial charge in [0.25, 0.3) is 5.91 Å². The van der Waals surface area contributed by atoms with Gasteiger partial charge in [0.2, 0.25) is 0 Å². The number of amides is 1. The topological polar surface area (TPSA) is 98.5 Å². The number of benzene rings is 1.